The highest BCUT2D eigenvalue weighted by Crippen LogP contribution is 2.19. The third kappa shape index (κ3) is 4.00. The second-order valence-corrected chi connectivity index (χ2v) is 6.47. The highest BCUT2D eigenvalue weighted by Gasteiger charge is 2.18. The number of nitrogens with one attached hydrogen (secondary N) is 1. The summed E-state index contributed by atoms with van der Waals surface area (Å²) in [7, 11) is 0. The van der Waals surface area contributed by atoms with E-state index in [1.54, 1.807) is 6.92 Å². The Bertz CT molecular complexity index is 858. The molecule has 0 radical (unpaired) electrons. The summed E-state index contributed by atoms with van der Waals surface area (Å²) >= 11 is 1.49. The van der Waals surface area contributed by atoms with Crippen LogP contribution in [0, 0.1) is 0 Å². The number of thiophene rings is 1. The number of rotatable bonds is 5. The Morgan fingerprint density at radius 1 is 1.08 bits per heavy atom. The van der Waals surface area contributed by atoms with Gasteiger partial charge in [-0.05, 0) is 41.3 Å². The van der Waals surface area contributed by atoms with Crippen LogP contribution in [-0.2, 0) is 20.7 Å². The Morgan fingerprint density at radius 3 is 2.62 bits per heavy atom. The molecule has 0 saturated carbocycles. The van der Waals surface area contributed by atoms with Crippen molar-refractivity contribution in [2.75, 3.05) is 5.32 Å². The highest BCUT2D eigenvalue weighted by molar-refractivity contribution is 7.10. The largest absolute Gasteiger partial charge is 0.452 e. The normalized spacial score (nSPS) is 11.9. The van der Waals surface area contributed by atoms with Crippen LogP contribution in [-0.4, -0.2) is 18.0 Å². The lowest BCUT2D eigenvalue weighted by molar-refractivity contribution is -0.152. The highest BCUT2D eigenvalue weighted by atomic mass is 32.1. The van der Waals surface area contributed by atoms with E-state index in [0.717, 1.165) is 15.6 Å². The second-order valence-electron chi connectivity index (χ2n) is 5.44. The molecule has 1 N–H and O–H groups in total. The van der Waals surface area contributed by atoms with Crippen LogP contribution in [0.15, 0.2) is 60.0 Å². The van der Waals surface area contributed by atoms with Gasteiger partial charge in [-0.2, -0.15) is 0 Å². The molecule has 0 saturated heterocycles. The van der Waals surface area contributed by atoms with Gasteiger partial charge in [-0.25, -0.2) is 0 Å². The van der Waals surface area contributed by atoms with Crippen LogP contribution in [0.25, 0.3) is 10.8 Å². The molecule has 1 amide bonds. The van der Waals surface area contributed by atoms with E-state index in [2.05, 4.69) is 5.32 Å². The van der Waals surface area contributed by atoms with E-state index in [-0.39, 0.29) is 12.3 Å². The first-order valence-corrected chi connectivity index (χ1v) is 8.51. The molecule has 1 aromatic heterocycles. The van der Waals surface area contributed by atoms with Crippen LogP contribution in [0.5, 0.6) is 0 Å². The quantitative estimate of drug-likeness (QED) is 0.715. The molecule has 2 aromatic carbocycles. The summed E-state index contributed by atoms with van der Waals surface area (Å²) in [5, 5.41) is 6.83. The van der Waals surface area contributed by atoms with Crippen molar-refractivity contribution >= 4 is 39.7 Å². The zero-order valence-corrected chi connectivity index (χ0v) is 14.0. The lowest BCUT2D eigenvalue weighted by atomic mass is 10.1. The topological polar surface area (TPSA) is 55.4 Å². The Balaban J connectivity index is 1.59. The predicted molar refractivity (Wildman–Crippen MR) is 96.2 cm³/mol. The minimum absolute atomic E-state index is 0.186. The van der Waals surface area contributed by atoms with Crippen LogP contribution >= 0.6 is 11.3 Å². The summed E-state index contributed by atoms with van der Waals surface area (Å²) in [4.78, 5) is 25.0. The van der Waals surface area contributed by atoms with Gasteiger partial charge in [0, 0.05) is 10.6 Å². The molecule has 24 heavy (non-hydrogen) atoms. The number of carbonyl (C=O) groups excluding carboxylic acids is 2. The van der Waals surface area contributed by atoms with Crippen LogP contribution in [0.3, 0.4) is 0 Å². The minimum atomic E-state index is -0.844. The van der Waals surface area contributed by atoms with Gasteiger partial charge in [0.15, 0.2) is 6.10 Å². The number of anilines is 1. The monoisotopic (exact) mass is 339 g/mol. The maximum Gasteiger partial charge on any atom is 0.311 e. The molecule has 1 atom stereocenters. The van der Waals surface area contributed by atoms with Crippen LogP contribution in [0.1, 0.15) is 11.8 Å². The second kappa shape index (κ2) is 7.27. The molecule has 3 rings (SSSR count). The van der Waals surface area contributed by atoms with Crippen molar-refractivity contribution in [1.82, 2.24) is 0 Å². The summed E-state index contributed by atoms with van der Waals surface area (Å²) in [5.74, 6) is -0.747. The van der Waals surface area contributed by atoms with E-state index in [4.69, 9.17) is 4.74 Å². The number of benzene rings is 2. The average molecular weight is 339 g/mol. The molecular weight excluding hydrogens is 322 g/mol. The fourth-order valence-electron chi connectivity index (χ4n) is 2.36. The number of ether oxygens (including phenoxy) is 1. The third-order valence-corrected chi connectivity index (χ3v) is 4.47. The molecule has 5 heteroatoms. The van der Waals surface area contributed by atoms with E-state index in [9.17, 15) is 9.59 Å². The van der Waals surface area contributed by atoms with Crippen LogP contribution in [0.4, 0.5) is 5.69 Å². The third-order valence-electron chi connectivity index (χ3n) is 3.59. The van der Waals surface area contributed by atoms with Gasteiger partial charge < -0.3 is 10.1 Å². The molecule has 122 valence electrons. The minimum Gasteiger partial charge on any atom is -0.452 e. The zero-order valence-electron chi connectivity index (χ0n) is 13.2. The van der Waals surface area contributed by atoms with E-state index in [1.165, 1.54) is 11.3 Å². The molecule has 0 aliphatic rings. The van der Waals surface area contributed by atoms with Gasteiger partial charge in [0.05, 0.1) is 6.42 Å². The number of esters is 1. The molecule has 3 aromatic rings. The molecule has 0 aliphatic heterocycles. The summed E-state index contributed by atoms with van der Waals surface area (Å²) in [5.41, 5.74) is 0.680. The standard InChI is InChI=1S/C19H17NO3S/c1-13(23-18(21)12-17-7-4-10-24-17)19(22)20-16-9-8-14-5-2-3-6-15(14)11-16/h2-11,13H,12H2,1H3,(H,20,22)/t13-/m0/s1. The molecule has 0 bridgehead atoms. The van der Waals surface area contributed by atoms with Crippen molar-refractivity contribution in [1.29, 1.82) is 0 Å². The Kier molecular flexibility index (Phi) is 4.91. The first-order chi connectivity index (χ1) is 11.6. The molecule has 0 spiro atoms. The summed E-state index contributed by atoms with van der Waals surface area (Å²) < 4.78 is 5.20. The van der Waals surface area contributed by atoms with Gasteiger partial charge in [-0.1, -0.05) is 36.4 Å². The van der Waals surface area contributed by atoms with E-state index in [0.29, 0.717) is 5.69 Å². The number of carbonyl (C=O) groups is 2. The number of amides is 1. The zero-order chi connectivity index (χ0) is 16.9. The van der Waals surface area contributed by atoms with Crippen molar-refractivity contribution in [2.45, 2.75) is 19.4 Å². The fourth-order valence-corrected chi connectivity index (χ4v) is 3.05. The van der Waals surface area contributed by atoms with Crippen molar-refractivity contribution < 1.29 is 14.3 Å². The first kappa shape index (κ1) is 16.2. The molecular formula is C19H17NO3S. The van der Waals surface area contributed by atoms with E-state index < -0.39 is 12.1 Å². The van der Waals surface area contributed by atoms with E-state index >= 15 is 0 Å². The van der Waals surface area contributed by atoms with Gasteiger partial charge in [-0.3, -0.25) is 9.59 Å². The molecule has 4 nitrogen and oxygen atoms in total. The first-order valence-electron chi connectivity index (χ1n) is 7.63. The maximum atomic E-state index is 12.2. The smallest absolute Gasteiger partial charge is 0.311 e. The summed E-state index contributed by atoms with van der Waals surface area (Å²) in [6, 6.07) is 17.3. The van der Waals surface area contributed by atoms with Crippen LogP contribution < -0.4 is 5.32 Å². The lowest BCUT2D eigenvalue weighted by Crippen LogP contribution is -2.30. The van der Waals surface area contributed by atoms with E-state index in [1.807, 2.05) is 60.0 Å². The molecule has 1 heterocycles. The van der Waals surface area contributed by atoms with Crippen molar-refractivity contribution in [2.24, 2.45) is 0 Å². The van der Waals surface area contributed by atoms with Crippen molar-refractivity contribution in [3.8, 4) is 0 Å². The van der Waals surface area contributed by atoms with Crippen molar-refractivity contribution in [3.05, 3.63) is 64.9 Å². The van der Waals surface area contributed by atoms with Crippen molar-refractivity contribution in [3.63, 3.8) is 0 Å². The van der Waals surface area contributed by atoms with Gasteiger partial charge in [0.1, 0.15) is 0 Å². The molecule has 0 fully saturated rings. The predicted octanol–water partition coefficient (Wildman–Crippen LogP) is 4.01. The Hall–Kier alpha value is -2.66. The molecule has 0 unspecified atom stereocenters. The SMILES string of the molecule is C[C@H](OC(=O)Cc1cccs1)C(=O)Nc1ccc2ccccc2c1. The summed E-state index contributed by atoms with van der Waals surface area (Å²) in [6.45, 7) is 1.57. The average Bonchev–Trinajstić information content (AvgIpc) is 3.07. The lowest BCUT2D eigenvalue weighted by Gasteiger charge is -2.13. The fraction of sp³-hybridized carbons (Fsp3) is 0.158. The number of fused-ring (bicyclic) bond motifs is 1. The maximum absolute atomic E-state index is 12.2. The van der Waals surface area contributed by atoms with Crippen LogP contribution in [0.2, 0.25) is 0 Å². The number of hydrogen-bond acceptors (Lipinski definition) is 4. The molecule has 0 aliphatic carbocycles. The van der Waals surface area contributed by atoms with Gasteiger partial charge in [0.25, 0.3) is 5.91 Å². The Labute approximate surface area is 144 Å². The summed E-state index contributed by atoms with van der Waals surface area (Å²) in [6.07, 6.45) is -0.658. The number of hydrogen-bond donors (Lipinski definition) is 1. The van der Waals surface area contributed by atoms with Gasteiger partial charge in [0.2, 0.25) is 0 Å². The Morgan fingerprint density at radius 2 is 1.88 bits per heavy atom. The van der Waals surface area contributed by atoms with Gasteiger partial charge >= 0.3 is 5.97 Å². The van der Waals surface area contributed by atoms with Gasteiger partial charge in [-0.15, -0.1) is 11.3 Å².